The SMILES string of the molecule is CCOC(=O)C1=C(CN(C)CC(=O)NC(C)C)NC(=O)N[C@H]1c1ccc(OC)cc1. The highest BCUT2D eigenvalue weighted by molar-refractivity contribution is 5.95. The summed E-state index contributed by atoms with van der Waals surface area (Å²) < 4.78 is 10.4. The van der Waals surface area contributed by atoms with Crippen LogP contribution in [0.25, 0.3) is 0 Å². The molecule has 0 saturated carbocycles. The van der Waals surface area contributed by atoms with Gasteiger partial charge in [-0.2, -0.15) is 0 Å². The molecule has 1 heterocycles. The van der Waals surface area contributed by atoms with E-state index in [9.17, 15) is 14.4 Å². The Hall–Kier alpha value is -3.07. The first kappa shape index (κ1) is 23.2. The molecule has 2 rings (SSSR count). The van der Waals surface area contributed by atoms with Gasteiger partial charge >= 0.3 is 12.0 Å². The fourth-order valence-corrected chi connectivity index (χ4v) is 3.18. The third-order valence-corrected chi connectivity index (χ3v) is 4.39. The fourth-order valence-electron chi connectivity index (χ4n) is 3.18. The number of carbonyl (C=O) groups excluding carboxylic acids is 3. The molecule has 164 valence electrons. The zero-order chi connectivity index (χ0) is 22.3. The van der Waals surface area contributed by atoms with Gasteiger partial charge in [0.15, 0.2) is 0 Å². The second-order valence-corrected chi connectivity index (χ2v) is 7.31. The second kappa shape index (κ2) is 10.6. The molecule has 1 atom stereocenters. The Morgan fingerprint density at radius 1 is 1.23 bits per heavy atom. The Bertz CT molecular complexity index is 804. The van der Waals surface area contributed by atoms with Crippen LogP contribution in [-0.2, 0) is 14.3 Å². The molecule has 30 heavy (non-hydrogen) atoms. The molecule has 0 unspecified atom stereocenters. The third-order valence-electron chi connectivity index (χ3n) is 4.39. The van der Waals surface area contributed by atoms with Gasteiger partial charge in [-0.3, -0.25) is 9.69 Å². The molecule has 3 amide bonds. The molecule has 9 heteroatoms. The summed E-state index contributed by atoms with van der Waals surface area (Å²) >= 11 is 0. The smallest absolute Gasteiger partial charge is 0.338 e. The van der Waals surface area contributed by atoms with Gasteiger partial charge in [-0.05, 0) is 45.5 Å². The number of ether oxygens (including phenoxy) is 2. The van der Waals surface area contributed by atoms with Crippen LogP contribution in [0.5, 0.6) is 5.75 Å². The van der Waals surface area contributed by atoms with Crippen LogP contribution < -0.4 is 20.7 Å². The zero-order valence-corrected chi connectivity index (χ0v) is 18.1. The number of nitrogens with one attached hydrogen (secondary N) is 3. The number of esters is 1. The predicted molar refractivity (Wildman–Crippen MR) is 112 cm³/mol. The van der Waals surface area contributed by atoms with E-state index in [1.807, 2.05) is 13.8 Å². The lowest BCUT2D eigenvalue weighted by Crippen LogP contribution is -2.49. The highest BCUT2D eigenvalue weighted by Gasteiger charge is 2.34. The number of carbonyl (C=O) groups is 3. The summed E-state index contributed by atoms with van der Waals surface area (Å²) in [7, 11) is 3.31. The lowest BCUT2D eigenvalue weighted by molar-refractivity contribution is -0.139. The van der Waals surface area contributed by atoms with Crippen molar-refractivity contribution < 1.29 is 23.9 Å². The van der Waals surface area contributed by atoms with Crippen molar-refractivity contribution in [2.45, 2.75) is 32.9 Å². The van der Waals surface area contributed by atoms with Crippen molar-refractivity contribution in [2.75, 3.05) is 33.9 Å². The predicted octanol–water partition coefficient (Wildman–Crippen LogP) is 1.32. The van der Waals surface area contributed by atoms with E-state index in [1.165, 1.54) is 0 Å². The minimum atomic E-state index is -0.684. The van der Waals surface area contributed by atoms with Crippen molar-refractivity contribution in [3.63, 3.8) is 0 Å². The van der Waals surface area contributed by atoms with Crippen LogP contribution >= 0.6 is 0 Å². The Balaban J connectivity index is 2.35. The Labute approximate surface area is 176 Å². The molecule has 1 aromatic carbocycles. The van der Waals surface area contributed by atoms with Gasteiger partial charge in [0, 0.05) is 18.3 Å². The second-order valence-electron chi connectivity index (χ2n) is 7.31. The van der Waals surface area contributed by atoms with Gasteiger partial charge in [-0.1, -0.05) is 12.1 Å². The number of urea groups is 1. The number of benzene rings is 1. The topological polar surface area (TPSA) is 109 Å². The highest BCUT2D eigenvalue weighted by Crippen LogP contribution is 2.29. The van der Waals surface area contributed by atoms with Crippen molar-refractivity contribution in [2.24, 2.45) is 0 Å². The van der Waals surface area contributed by atoms with E-state index in [0.29, 0.717) is 22.6 Å². The van der Waals surface area contributed by atoms with Crippen molar-refractivity contribution in [3.05, 3.63) is 41.1 Å². The van der Waals surface area contributed by atoms with Crippen molar-refractivity contribution in [3.8, 4) is 5.75 Å². The molecule has 0 radical (unpaired) electrons. The lowest BCUT2D eigenvalue weighted by atomic mass is 9.95. The van der Waals surface area contributed by atoms with Crippen LogP contribution in [0.15, 0.2) is 35.5 Å². The molecule has 1 aliphatic heterocycles. The van der Waals surface area contributed by atoms with Crippen LogP contribution in [0, 0.1) is 0 Å². The normalized spacial score (nSPS) is 16.2. The molecule has 0 bridgehead atoms. The molecule has 0 fully saturated rings. The largest absolute Gasteiger partial charge is 0.497 e. The summed E-state index contributed by atoms with van der Waals surface area (Å²) in [4.78, 5) is 38.9. The van der Waals surface area contributed by atoms with Crippen molar-refractivity contribution in [1.82, 2.24) is 20.9 Å². The molecule has 0 aromatic heterocycles. The van der Waals surface area contributed by atoms with Gasteiger partial charge in [0.1, 0.15) is 5.75 Å². The quantitative estimate of drug-likeness (QED) is 0.522. The lowest BCUT2D eigenvalue weighted by Gasteiger charge is -2.31. The molecule has 1 aliphatic rings. The minimum Gasteiger partial charge on any atom is -0.497 e. The van der Waals surface area contributed by atoms with Gasteiger partial charge in [0.05, 0.1) is 31.9 Å². The summed E-state index contributed by atoms with van der Waals surface area (Å²) in [6.07, 6.45) is 0. The summed E-state index contributed by atoms with van der Waals surface area (Å²) in [6.45, 7) is 5.99. The first-order chi connectivity index (χ1) is 14.2. The average Bonchev–Trinajstić information content (AvgIpc) is 2.66. The summed E-state index contributed by atoms with van der Waals surface area (Å²) in [5.74, 6) is -0.00426. The summed E-state index contributed by atoms with van der Waals surface area (Å²) in [5, 5.41) is 8.31. The molecule has 0 spiro atoms. The monoisotopic (exact) mass is 418 g/mol. The summed E-state index contributed by atoms with van der Waals surface area (Å²) in [5.41, 5.74) is 1.42. The van der Waals surface area contributed by atoms with Gasteiger partial charge in [-0.15, -0.1) is 0 Å². The average molecular weight is 418 g/mol. The Kier molecular flexibility index (Phi) is 8.23. The van der Waals surface area contributed by atoms with Gasteiger partial charge in [-0.25, -0.2) is 9.59 Å². The van der Waals surface area contributed by atoms with Crippen molar-refractivity contribution >= 4 is 17.9 Å². The van der Waals surface area contributed by atoms with E-state index in [1.54, 1.807) is 50.2 Å². The van der Waals surface area contributed by atoms with Crippen LogP contribution in [0.2, 0.25) is 0 Å². The van der Waals surface area contributed by atoms with Crippen LogP contribution in [0.1, 0.15) is 32.4 Å². The molecule has 3 N–H and O–H groups in total. The van der Waals surface area contributed by atoms with Crippen LogP contribution in [-0.4, -0.2) is 62.7 Å². The maximum atomic E-state index is 12.8. The molecule has 0 saturated heterocycles. The van der Waals surface area contributed by atoms with Crippen molar-refractivity contribution in [1.29, 1.82) is 0 Å². The van der Waals surface area contributed by atoms with E-state index in [0.717, 1.165) is 0 Å². The van der Waals surface area contributed by atoms with Crippen LogP contribution in [0.3, 0.4) is 0 Å². The van der Waals surface area contributed by atoms with E-state index < -0.39 is 18.0 Å². The minimum absolute atomic E-state index is 0.0262. The molecule has 9 nitrogen and oxygen atoms in total. The number of likely N-dealkylation sites (N-methyl/N-ethyl adjacent to an activating group) is 1. The molecular weight excluding hydrogens is 388 g/mol. The van der Waals surface area contributed by atoms with E-state index in [2.05, 4.69) is 16.0 Å². The number of methoxy groups -OCH3 is 1. The van der Waals surface area contributed by atoms with Gasteiger partial charge in [0.25, 0.3) is 0 Å². The standard InChI is InChI=1S/C21H30N4O5/c1-6-30-20(27)18-16(11-25(4)12-17(26)22-13(2)3)23-21(28)24-19(18)14-7-9-15(29-5)10-8-14/h7-10,13,19H,6,11-12H2,1-5H3,(H,22,26)(H2,23,24,28)/t19-/m0/s1. The summed E-state index contributed by atoms with van der Waals surface area (Å²) in [6, 6.07) is 5.99. The highest BCUT2D eigenvalue weighted by atomic mass is 16.5. The van der Waals surface area contributed by atoms with E-state index in [-0.39, 0.29) is 31.6 Å². The number of amides is 3. The zero-order valence-electron chi connectivity index (χ0n) is 18.1. The number of nitrogens with zero attached hydrogens (tertiary/aromatic N) is 1. The first-order valence-corrected chi connectivity index (χ1v) is 9.84. The number of hydrogen-bond donors (Lipinski definition) is 3. The fraction of sp³-hybridized carbons (Fsp3) is 0.476. The maximum absolute atomic E-state index is 12.8. The van der Waals surface area contributed by atoms with E-state index >= 15 is 0 Å². The van der Waals surface area contributed by atoms with E-state index in [4.69, 9.17) is 9.47 Å². The Morgan fingerprint density at radius 2 is 1.90 bits per heavy atom. The molecule has 0 aliphatic carbocycles. The maximum Gasteiger partial charge on any atom is 0.338 e. The van der Waals surface area contributed by atoms with Gasteiger partial charge < -0.3 is 25.4 Å². The molecular formula is C21H30N4O5. The number of hydrogen-bond acceptors (Lipinski definition) is 6. The van der Waals surface area contributed by atoms with Gasteiger partial charge in [0.2, 0.25) is 5.91 Å². The third kappa shape index (κ3) is 6.21. The Morgan fingerprint density at radius 3 is 2.47 bits per heavy atom. The number of rotatable bonds is 9. The molecule has 1 aromatic rings. The van der Waals surface area contributed by atoms with Crippen LogP contribution in [0.4, 0.5) is 4.79 Å². The first-order valence-electron chi connectivity index (χ1n) is 9.84.